The predicted octanol–water partition coefficient (Wildman–Crippen LogP) is 3.20. The maximum Gasteiger partial charge on any atom is 0.267 e. The summed E-state index contributed by atoms with van der Waals surface area (Å²) in [7, 11) is 0. The van der Waals surface area contributed by atoms with Crippen molar-refractivity contribution in [3.8, 4) is 16.9 Å². The third-order valence-electron chi connectivity index (χ3n) is 5.27. The summed E-state index contributed by atoms with van der Waals surface area (Å²) in [5.74, 6) is -2.76. The van der Waals surface area contributed by atoms with Crippen LogP contribution in [0.5, 0.6) is 5.75 Å². The lowest BCUT2D eigenvalue weighted by Crippen LogP contribution is -2.29. The second kappa shape index (κ2) is 6.68. The number of rotatable bonds is 5. The SMILES string of the molecule is O=C1NCCOc2cc(-c3c[nH]c4nc(NCC(F)(F)C5CC5)ncc34)ccc21. The zero-order valence-corrected chi connectivity index (χ0v) is 15.5. The van der Waals surface area contributed by atoms with Crippen LogP contribution in [0.2, 0.25) is 0 Å². The van der Waals surface area contributed by atoms with Gasteiger partial charge in [0.25, 0.3) is 11.8 Å². The Kier molecular flexibility index (Phi) is 4.11. The smallest absolute Gasteiger partial charge is 0.267 e. The lowest BCUT2D eigenvalue weighted by Gasteiger charge is -2.15. The van der Waals surface area contributed by atoms with Crippen molar-refractivity contribution in [3.05, 3.63) is 36.2 Å². The number of nitrogens with one attached hydrogen (secondary N) is 3. The number of aromatic amines is 1. The number of carbonyl (C=O) groups excluding carboxylic acids is 1. The zero-order valence-electron chi connectivity index (χ0n) is 15.5. The standard InChI is InChI=1S/C20H19F2N5O2/c21-20(22,12-2-3-12)10-26-19-25-9-15-14(8-24-17(15)27-19)11-1-4-13-16(7-11)29-6-5-23-18(13)28/h1,4,7-9,12H,2-3,5-6,10H2,(H,23,28)(H2,24,25,26,27). The summed E-state index contributed by atoms with van der Waals surface area (Å²) in [5, 5.41) is 6.17. The summed E-state index contributed by atoms with van der Waals surface area (Å²) in [6.45, 7) is 0.389. The van der Waals surface area contributed by atoms with Gasteiger partial charge in [0.2, 0.25) is 5.95 Å². The minimum Gasteiger partial charge on any atom is -0.491 e. The number of hydrogen-bond acceptors (Lipinski definition) is 5. The van der Waals surface area contributed by atoms with Crippen LogP contribution in [-0.4, -0.2) is 46.5 Å². The van der Waals surface area contributed by atoms with E-state index in [-0.39, 0.29) is 11.9 Å². The molecule has 3 heterocycles. The van der Waals surface area contributed by atoms with Crippen molar-refractivity contribution in [2.45, 2.75) is 18.8 Å². The van der Waals surface area contributed by atoms with Crippen molar-refractivity contribution in [3.63, 3.8) is 0 Å². The second-order valence-electron chi connectivity index (χ2n) is 7.36. The van der Waals surface area contributed by atoms with Gasteiger partial charge in [0.05, 0.1) is 18.7 Å². The molecule has 9 heteroatoms. The van der Waals surface area contributed by atoms with Gasteiger partial charge in [0, 0.05) is 29.3 Å². The molecule has 150 valence electrons. The topological polar surface area (TPSA) is 91.9 Å². The molecular weight excluding hydrogens is 380 g/mol. The molecule has 3 aromatic rings. The van der Waals surface area contributed by atoms with E-state index in [1.807, 2.05) is 12.1 Å². The molecule has 0 saturated heterocycles. The number of ether oxygens (including phenoxy) is 1. The first-order chi connectivity index (χ1) is 14.0. The Balaban J connectivity index is 1.41. The van der Waals surface area contributed by atoms with Crippen LogP contribution in [0.1, 0.15) is 23.2 Å². The molecule has 1 amide bonds. The number of carbonyl (C=O) groups is 1. The van der Waals surface area contributed by atoms with Crippen molar-refractivity contribution in [2.24, 2.45) is 5.92 Å². The highest BCUT2D eigenvalue weighted by molar-refractivity contribution is 5.99. The van der Waals surface area contributed by atoms with Gasteiger partial charge in [-0.05, 0) is 30.5 Å². The van der Waals surface area contributed by atoms with E-state index in [1.165, 1.54) is 0 Å². The van der Waals surface area contributed by atoms with Crippen LogP contribution in [-0.2, 0) is 0 Å². The van der Waals surface area contributed by atoms with Gasteiger partial charge >= 0.3 is 0 Å². The highest BCUT2D eigenvalue weighted by atomic mass is 19.3. The lowest BCUT2D eigenvalue weighted by atomic mass is 10.0. The number of hydrogen-bond donors (Lipinski definition) is 3. The normalized spacial score (nSPS) is 16.7. The number of halogens is 2. The van der Waals surface area contributed by atoms with Crippen molar-refractivity contribution in [1.29, 1.82) is 0 Å². The molecule has 1 aliphatic carbocycles. The van der Waals surface area contributed by atoms with Crippen molar-refractivity contribution in [1.82, 2.24) is 20.3 Å². The summed E-state index contributed by atoms with van der Waals surface area (Å²) in [4.78, 5) is 23.6. The average Bonchev–Trinajstić information content (AvgIpc) is 3.52. The maximum absolute atomic E-state index is 13.9. The van der Waals surface area contributed by atoms with Crippen LogP contribution in [0, 0.1) is 5.92 Å². The first-order valence-electron chi connectivity index (χ1n) is 9.52. The predicted molar refractivity (Wildman–Crippen MR) is 103 cm³/mol. The number of amides is 1. The Morgan fingerprint density at radius 1 is 1.28 bits per heavy atom. The number of aromatic nitrogens is 3. The minimum absolute atomic E-state index is 0.160. The van der Waals surface area contributed by atoms with Crippen LogP contribution >= 0.6 is 0 Å². The van der Waals surface area contributed by atoms with E-state index in [4.69, 9.17) is 4.74 Å². The highest BCUT2D eigenvalue weighted by Gasteiger charge is 2.46. The number of alkyl halides is 2. The highest BCUT2D eigenvalue weighted by Crippen LogP contribution is 2.43. The molecule has 0 spiro atoms. The van der Waals surface area contributed by atoms with Crippen LogP contribution in [0.25, 0.3) is 22.2 Å². The Morgan fingerprint density at radius 2 is 2.14 bits per heavy atom. The molecule has 0 radical (unpaired) electrons. The molecule has 0 atom stereocenters. The lowest BCUT2D eigenvalue weighted by molar-refractivity contribution is -0.00832. The van der Waals surface area contributed by atoms with Crippen LogP contribution in [0.4, 0.5) is 14.7 Å². The zero-order chi connectivity index (χ0) is 20.0. The number of benzene rings is 1. The summed E-state index contributed by atoms with van der Waals surface area (Å²) in [6.07, 6.45) is 4.52. The molecule has 3 N–H and O–H groups in total. The Morgan fingerprint density at radius 3 is 2.97 bits per heavy atom. The molecule has 29 heavy (non-hydrogen) atoms. The Hall–Kier alpha value is -3.23. The van der Waals surface area contributed by atoms with E-state index in [1.54, 1.807) is 18.5 Å². The van der Waals surface area contributed by atoms with Crippen molar-refractivity contribution in [2.75, 3.05) is 25.0 Å². The fraction of sp³-hybridized carbons (Fsp3) is 0.350. The van der Waals surface area contributed by atoms with Gasteiger partial charge in [0.15, 0.2) is 0 Å². The summed E-state index contributed by atoms with van der Waals surface area (Å²) >= 11 is 0. The van der Waals surface area contributed by atoms with Crippen LogP contribution < -0.4 is 15.4 Å². The number of H-pyrrole nitrogens is 1. The average molecular weight is 399 g/mol. The number of fused-ring (bicyclic) bond motifs is 2. The van der Waals surface area contributed by atoms with Crippen molar-refractivity contribution < 1.29 is 18.3 Å². The van der Waals surface area contributed by atoms with E-state index in [0.29, 0.717) is 43.0 Å². The molecule has 7 nitrogen and oxygen atoms in total. The number of anilines is 1. The van der Waals surface area contributed by atoms with Crippen molar-refractivity contribution >= 4 is 22.9 Å². The van der Waals surface area contributed by atoms with Gasteiger partial charge < -0.3 is 20.4 Å². The van der Waals surface area contributed by atoms with Gasteiger partial charge in [-0.15, -0.1) is 0 Å². The minimum atomic E-state index is -2.74. The third-order valence-corrected chi connectivity index (χ3v) is 5.27. The van der Waals surface area contributed by atoms with E-state index in [0.717, 1.165) is 16.5 Å². The van der Waals surface area contributed by atoms with Gasteiger partial charge in [-0.3, -0.25) is 4.79 Å². The molecule has 0 unspecified atom stereocenters. The molecule has 1 aliphatic heterocycles. The van der Waals surface area contributed by atoms with E-state index in [9.17, 15) is 13.6 Å². The number of nitrogens with zero attached hydrogens (tertiary/aromatic N) is 2. The quantitative estimate of drug-likeness (QED) is 0.613. The Labute approximate surface area is 164 Å². The van der Waals surface area contributed by atoms with E-state index in [2.05, 4.69) is 25.6 Å². The third kappa shape index (κ3) is 3.37. The summed E-state index contributed by atoms with van der Waals surface area (Å²) in [6, 6.07) is 5.37. The largest absolute Gasteiger partial charge is 0.491 e. The first kappa shape index (κ1) is 17.8. The molecule has 1 saturated carbocycles. The van der Waals surface area contributed by atoms with Gasteiger partial charge in [-0.2, -0.15) is 4.98 Å². The van der Waals surface area contributed by atoms with Gasteiger partial charge in [-0.1, -0.05) is 6.07 Å². The molecule has 5 rings (SSSR count). The summed E-state index contributed by atoms with van der Waals surface area (Å²) in [5.41, 5.74) is 2.71. The molecule has 0 bridgehead atoms. The Bertz CT molecular complexity index is 1090. The van der Waals surface area contributed by atoms with Gasteiger partial charge in [-0.25, -0.2) is 13.8 Å². The van der Waals surface area contributed by atoms with E-state index < -0.39 is 18.4 Å². The fourth-order valence-corrected chi connectivity index (χ4v) is 3.50. The first-order valence-corrected chi connectivity index (χ1v) is 9.52. The van der Waals surface area contributed by atoms with Crippen LogP contribution in [0.3, 0.4) is 0 Å². The maximum atomic E-state index is 13.9. The summed E-state index contributed by atoms with van der Waals surface area (Å²) < 4.78 is 33.4. The molecular formula is C20H19F2N5O2. The van der Waals surface area contributed by atoms with E-state index >= 15 is 0 Å². The molecule has 1 fully saturated rings. The fourth-order valence-electron chi connectivity index (χ4n) is 3.50. The molecule has 2 aliphatic rings. The monoisotopic (exact) mass is 399 g/mol. The van der Waals surface area contributed by atoms with Gasteiger partial charge in [0.1, 0.15) is 18.0 Å². The van der Waals surface area contributed by atoms with Crippen LogP contribution in [0.15, 0.2) is 30.6 Å². The second-order valence-corrected chi connectivity index (χ2v) is 7.36. The molecule has 2 aromatic heterocycles. The molecule has 1 aromatic carbocycles.